The molecule has 8 aromatic rings. The summed E-state index contributed by atoms with van der Waals surface area (Å²) in [7, 11) is 4.18. The lowest BCUT2D eigenvalue weighted by Gasteiger charge is -2.16. The van der Waals surface area contributed by atoms with Crippen molar-refractivity contribution in [2.24, 2.45) is 0 Å². The van der Waals surface area contributed by atoms with Crippen LogP contribution >= 0.6 is 11.3 Å². The van der Waals surface area contributed by atoms with Gasteiger partial charge in [-0.05, 0) is 76.9 Å². The van der Waals surface area contributed by atoms with Crippen molar-refractivity contribution in [2.45, 2.75) is 62.7 Å². The second-order valence-electron chi connectivity index (χ2n) is 19.8. The standard InChI is InChI=1S/C27H29N9O3.C27H29N9O2S/c2*1-34(19-8-9-19)12-2-3-21(37)35-13-10-20(15-35)36-25-22(24(28)30-16-31-25)23(33-36)17-4-6-18(7-5-17)26(38)32-27-29-11-14-39-27/h2*2-7,11,14,16,19-20H,8-10,12-13,15H2,1H3,(H2,28,30,31)(H,29,32,38)/b2*3-2+/t2*20-/m11/s1. The molecule has 4 aliphatic rings. The van der Waals surface area contributed by atoms with Crippen molar-refractivity contribution >= 4 is 79.8 Å². The van der Waals surface area contributed by atoms with Crippen LogP contribution in [0.15, 0.2) is 114 Å². The van der Waals surface area contributed by atoms with E-state index in [0.29, 0.717) is 99.6 Å². The molecule has 2 atom stereocenters. The van der Waals surface area contributed by atoms with Crippen molar-refractivity contribution in [3.05, 3.63) is 121 Å². The second-order valence-corrected chi connectivity index (χ2v) is 20.7. The van der Waals surface area contributed by atoms with Gasteiger partial charge in [0.15, 0.2) is 16.4 Å². The summed E-state index contributed by atoms with van der Waals surface area (Å²) in [5.41, 5.74) is 17.6. The van der Waals surface area contributed by atoms with Gasteiger partial charge >= 0.3 is 6.01 Å². The number of likely N-dealkylation sites (N-methyl/N-ethyl adjacent to an activating group) is 2. The topological polar surface area (TPSA) is 283 Å². The van der Waals surface area contributed by atoms with Crippen LogP contribution in [0.25, 0.3) is 44.6 Å². The molecular formula is C54H58N18O5S. The number of carbonyl (C=O) groups is 4. The van der Waals surface area contributed by atoms with Crippen LogP contribution in [0.4, 0.5) is 22.8 Å². The molecule has 0 spiro atoms. The lowest BCUT2D eigenvalue weighted by Crippen LogP contribution is -2.28. The smallest absolute Gasteiger partial charge is 0.301 e. The minimum Gasteiger partial charge on any atom is -0.432 e. The Balaban J connectivity index is 0.000000165. The summed E-state index contributed by atoms with van der Waals surface area (Å²) in [6, 6.07) is 15.5. The Kier molecular flexibility index (Phi) is 14.8. The number of benzene rings is 2. The highest BCUT2D eigenvalue weighted by Gasteiger charge is 2.33. The van der Waals surface area contributed by atoms with Crippen LogP contribution < -0.4 is 22.1 Å². The number of hydrogen-bond donors (Lipinski definition) is 4. The molecule has 6 aromatic heterocycles. The predicted octanol–water partition coefficient (Wildman–Crippen LogP) is 5.95. The Morgan fingerprint density at radius 3 is 1.56 bits per heavy atom. The molecule has 23 nitrogen and oxygen atoms in total. The first-order valence-corrected chi connectivity index (χ1v) is 26.7. The van der Waals surface area contributed by atoms with Gasteiger partial charge in [0.1, 0.15) is 41.9 Å². The monoisotopic (exact) mass is 1070 g/mol. The fourth-order valence-corrected chi connectivity index (χ4v) is 10.4. The fourth-order valence-electron chi connectivity index (χ4n) is 9.83. The minimum atomic E-state index is -0.341. The van der Waals surface area contributed by atoms with Crippen molar-refractivity contribution < 1.29 is 23.6 Å². The molecule has 2 saturated heterocycles. The normalized spacial score (nSPS) is 17.5. The number of anilines is 4. The number of carbonyl (C=O) groups excluding carboxylic acids is 4. The van der Waals surface area contributed by atoms with Gasteiger partial charge in [-0.1, -0.05) is 36.4 Å². The van der Waals surface area contributed by atoms with Gasteiger partial charge in [-0.2, -0.15) is 10.2 Å². The highest BCUT2D eigenvalue weighted by Crippen LogP contribution is 2.36. The largest absolute Gasteiger partial charge is 0.432 e. The van der Waals surface area contributed by atoms with Crippen LogP contribution in [-0.2, 0) is 9.59 Å². The molecule has 2 aliphatic heterocycles. The van der Waals surface area contributed by atoms with E-state index in [-0.39, 0.29) is 41.7 Å². The van der Waals surface area contributed by atoms with E-state index >= 15 is 0 Å². The van der Waals surface area contributed by atoms with Gasteiger partial charge in [0, 0.05) is 97.3 Å². The number of nitrogens with zero attached hydrogens (tertiary/aromatic N) is 14. The molecule has 0 radical (unpaired) electrons. The minimum absolute atomic E-state index is 0.00568. The molecule has 4 amide bonds. The maximum Gasteiger partial charge on any atom is 0.301 e. The number of nitrogens with two attached hydrogens (primary N) is 2. The number of hydrogen-bond acceptors (Lipinski definition) is 18. The lowest BCUT2D eigenvalue weighted by molar-refractivity contribution is -0.125. The number of aromatic nitrogens is 10. The Morgan fingerprint density at radius 2 is 1.13 bits per heavy atom. The third kappa shape index (κ3) is 11.4. The summed E-state index contributed by atoms with van der Waals surface area (Å²) in [5.74, 6) is 0.0937. The summed E-state index contributed by atoms with van der Waals surface area (Å²) in [4.78, 5) is 84.4. The molecule has 2 saturated carbocycles. The molecule has 8 heterocycles. The molecule has 6 N–H and O–H groups in total. The zero-order chi connectivity index (χ0) is 53.9. The van der Waals surface area contributed by atoms with E-state index in [1.165, 1.54) is 62.1 Å². The number of thiazole rings is 1. The highest BCUT2D eigenvalue weighted by atomic mass is 32.1. The van der Waals surface area contributed by atoms with E-state index in [0.717, 1.165) is 37.1 Å². The molecule has 400 valence electrons. The molecule has 4 fully saturated rings. The Morgan fingerprint density at radius 1 is 0.641 bits per heavy atom. The summed E-state index contributed by atoms with van der Waals surface area (Å²) >= 11 is 1.36. The Labute approximate surface area is 452 Å². The maximum atomic E-state index is 12.8. The number of nitrogen functional groups attached to an aromatic ring is 2. The molecule has 0 bridgehead atoms. The van der Waals surface area contributed by atoms with Gasteiger partial charge in [-0.3, -0.25) is 39.6 Å². The number of rotatable bonds is 16. The van der Waals surface area contributed by atoms with E-state index in [1.54, 1.807) is 60.1 Å². The second kappa shape index (κ2) is 22.5. The van der Waals surface area contributed by atoms with E-state index in [2.05, 4.69) is 64.4 Å². The average Bonchev–Trinajstić information content (AvgIpc) is 4.04. The molecule has 0 unspecified atom stereocenters. The van der Waals surface area contributed by atoms with Crippen molar-refractivity contribution in [3.8, 4) is 22.5 Å². The maximum absolute atomic E-state index is 12.8. The highest BCUT2D eigenvalue weighted by molar-refractivity contribution is 7.13. The number of likely N-dealkylation sites (tertiary alicyclic amines) is 2. The first-order valence-electron chi connectivity index (χ1n) is 25.9. The van der Waals surface area contributed by atoms with Crippen molar-refractivity contribution in [2.75, 3.05) is 75.5 Å². The van der Waals surface area contributed by atoms with Crippen LogP contribution in [0.5, 0.6) is 0 Å². The molecule has 2 aliphatic carbocycles. The van der Waals surface area contributed by atoms with E-state index in [4.69, 9.17) is 26.1 Å². The van der Waals surface area contributed by atoms with E-state index in [9.17, 15) is 19.2 Å². The predicted molar refractivity (Wildman–Crippen MR) is 295 cm³/mol. The van der Waals surface area contributed by atoms with Gasteiger partial charge < -0.3 is 25.7 Å². The van der Waals surface area contributed by atoms with Gasteiger partial charge in [0.05, 0.1) is 29.1 Å². The van der Waals surface area contributed by atoms with Gasteiger partial charge in [0.2, 0.25) is 11.8 Å². The number of oxazole rings is 1. The first-order chi connectivity index (χ1) is 37.9. The molecular weight excluding hydrogens is 1010 g/mol. The third-order valence-electron chi connectivity index (χ3n) is 14.5. The van der Waals surface area contributed by atoms with Crippen LogP contribution in [-0.4, -0.2) is 158 Å². The first kappa shape index (κ1) is 51.4. The molecule has 2 aromatic carbocycles. The summed E-state index contributed by atoms with van der Waals surface area (Å²) in [5, 5.41) is 18.8. The van der Waals surface area contributed by atoms with Crippen LogP contribution in [0.2, 0.25) is 0 Å². The van der Waals surface area contributed by atoms with Crippen molar-refractivity contribution in [1.82, 2.24) is 69.1 Å². The average molecular weight is 1070 g/mol. The third-order valence-corrected chi connectivity index (χ3v) is 15.2. The van der Waals surface area contributed by atoms with Gasteiger partial charge in [-0.15, -0.1) is 11.3 Å². The SMILES string of the molecule is CN(C/C=C/C(=O)N1CC[C@@H](n2nc(-c3ccc(C(=O)Nc4ncco4)cc3)c3c(N)ncnc32)C1)C1CC1.CN(C/C=C/C(=O)N1CC[C@@H](n2nc(-c3ccc(C(=O)Nc4nccs4)cc3)c3c(N)ncnc32)C1)C1CC1. The van der Waals surface area contributed by atoms with Crippen LogP contribution in [0.1, 0.15) is 71.3 Å². The van der Waals surface area contributed by atoms with Crippen molar-refractivity contribution in [3.63, 3.8) is 0 Å². The number of fused-ring (bicyclic) bond motifs is 2. The number of amides is 4. The summed E-state index contributed by atoms with van der Waals surface area (Å²) in [6.45, 7) is 3.91. The van der Waals surface area contributed by atoms with E-state index in [1.807, 2.05) is 43.4 Å². The Hall–Kier alpha value is -8.74. The summed E-state index contributed by atoms with van der Waals surface area (Å²) in [6.07, 6.45) is 21.1. The zero-order valence-electron chi connectivity index (χ0n) is 43.1. The van der Waals surface area contributed by atoms with Crippen LogP contribution in [0, 0.1) is 0 Å². The lowest BCUT2D eigenvalue weighted by atomic mass is 10.1. The quantitative estimate of drug-likeness (QED) is 0.0814. The van der Waals surface area contributed by atoms with Crippen LogP contribution in [0.3, 0.4) is 0 Å². The molecule has 78 heavy (non-hydrogen) atoms. The van der Waals surface area contributed by atoms with Gasteiger partial charge in [0.25, 0.3) is 11.8 Å². The van der Waals surface area contributed by atoms with Crippen molar-refractivity contribution in [1.29, 1.82) is 0 Å². The zero-order valence-corrected chi connectivity index (χ0v) is 43.9. The number of nitrogens with one attached hydrogen (secondary N) is 2. The van der Waals surface area contributed by atoms with Gasteiger partial charge in [-0.25, -0.2) is 39.3 Å². The Bertz CT molecular complexity index is 3280. The fraction of sp³-hybridized carbons (Fsp3) is 0.333. The molecule has 24 heteroatoms. The molecule has 12 rings (SSSR count). The summed E-state index contributed by atoms with van der Waals surface area (Å²) < 4.78 is 8.80. The van der Waals surface area contributed by atoms with E-state index < -0.39 is 0 Å².